The minimum atomic E-state index is 0. The van der Waals surface area contributed by atoms with Gasteiger partial charge in [0.1, 0.15) is 0 Å². The first-order valence-corrected chi connectivity index (χ1v) is 11.6. The predicted octanol–water partition coefficient (Wildman–Crippen LogP) is 8.63. The molecule has 0 fully saturated rings. The SMILES string of the molecule is Sc1c(-c2ccccc2)cc(-c2c3ccccc3cc3ccccc23)cc1-c1ccccc1.[KH]. The second-order valence-electron chi connectivity index (χ2n) is 8.35. The summed E-state index contributed by atoms with van der Waals surface area (Å²) in [6.45, 7) is 0. The van der Waals surface area contributed by atoms with Crippen LogP contribution in [0.2, 0.25) is 0 Å². The van der Waals surface area contributed by atoms with Gasteiger partial charge in [-0.25, -0.2) is 0 Å². The average molecular weight is 479 g/mol. The van der Waals surface area contributed by atoms with Crippen LogP contribution in [0, 0.1) is 0 Å². The van der Waals surface area contributed by atoms with Gasteiger partial charge in [-0.15, -0.1) is 12.6 Å². The molecular weight excluding hydrogens is 456 g/mol. The average Bonchev–Trinajstić information content (AvgIpc) is 2.88. The van der Waals surface area contributed by atoms with E-state index >= 15 is 0 Å². The summed E-state index contributed by atoms with van der Waals surface area (Å²) in [6.07, 6.45) is 0. The van der Waals surface area contributed by atoms with E-state index < -0.39 is 0 Å². The van der Waals surface area contributed by atoms with Crippen molar-refractivity contribution in [3.63, 3.8) is 0 Å². The van der Waals surface area contributed by atoms with E-state index in [1.165, 1.54) is 43.8 Å². The molecule has 0 aliphatic rings. The molecule has 2 heteroatoms. The van der Waals surface area contributed by atoms with Gasteiger partial charge >= 0.3 is 51.4 Å². The van der Waals surface area contributed by atoms with Crippen molar-refractivity contribution in [2.24, 2.45) is 0 Å². The Labute approximate surface area is 248 Å². The summed E-state index contributed by atoms with van der Waals surface area (Å²) in [4.78, 5) is 1.00. The van der Waals surface area contributed by atoms with Crippen molar-refractivity contribution < 1.29 is 0 Å². The van der Waals surface area contributed by atoms with Gasteiger partial charge in [0.2, 0.25) is 0 Å². The third kappa shape index (κ3) is 4.31. The number of rotatable bonds is 3. The molecule has 0 radical (unpaired) electrons. The summed E-state index contributed by atoms with van der Waals surface area (Å²) in [7, 11) is 0. The molecule has 6 aromatic rings. The van der Waals surface area contributed by atoms with Crippen LogP contribution in [0.3, 0.4) is 0 Å². The monoisotopic (exact) mass is 478 g/mol. The van der Waals surface area contributed by atoms with E-state index in [9.17, 15) is 0 Å². The second kappa shape index (κ2) is 10.2. The van der Waals surface area contributed by atoms with E-state index in [0.717, 1.165) is 16.0 Å². The molecule has 0 aliphatic heterocycles. The fourth-order valence-corrected chi connectivity index (χ4v) is 5.17. The molecule has 0 bridgehead atoms. The van der Waals surface area contributed by atoms with Gasteiger partial charge in [-0.3, -0.25) is 0 Å². The Morgan fingerprint density at radius 3 is 1.29 bits per heavy atom. The van der Waals surface area contributed by atoms with Crippen molar-refractivity contribution in [2.45, 2.75) is 4.90 Å². The summed E-state index contributed by atoms with van der Waals surface area (Å²) >= 11 is 5.04. The first kappa shape index (κ1) is 23.6. The third-order valence-corrected chi connectivity index (χ3v) is 6.82. The van der Waals surface area contributed by atoms with Crippen LogP contribution >= 0.6 is 12.6 Å². The summed E-state index contributed by atoms with van der Waals surface area (Å²) in [5, 5.41) is 5.04. The van der Waals surface area contributed by atoms with Crippen LogP contribution in [0.4, 0.5) is 0 Å². The maximum atomic E-state index is 5.04. The Balaban J connectivity index is 0.00000241. The molecule has 158 valence electrons. The van der Waals surface area contributed by atoms with Gasteiger partial charge in [0, 0.05) is 4.90 Å². The van der Waals surface area contributed by atoms with Gasteiger partial charge in [0.15, 0.2) is 0 Å². The molecule has 6 rings (SSSR count). The fraction of sp³-hybridized carbons (Fsp3) is 0. The molecule has 0 spiro atoms. The molecule has 6 aromatic carbocycles. The van der Waals surface area contributed by atoms with Crippen LogP contribution in [-0.2, 0) is 0 Å². The standard InChI is InChI=1S/C32H22S.K.H/c33-32-29(22-11-3-1-4-12-22)20-26(21-30(32)23-13-5-2-6-14-23)31-27-17-9-7-15-24(27)19-25-16-8-10-18-28(25)31;;/h1-21,33H;;. The van der Waals surface area contributed by atoms with Gasteiger partial charge in [-0.2, -0.15) is 0 Å². The summed E-state index contributed by atoms with van der Waals surface area (Å²) < 4.78 is 0. The van der Waals surface area contributed by atoms with Gasteiger partial charge < -0.3 is 0 Å². The van der Waals surface area contributed by atoms with Crippen molar-refractivity contribution in [3.05, 3.63) is 127 Å². The number of fused-ring (bicyclic) bond motifs is 2. The van der Waals surface area contributed by atoms with Gasteiger partial charge in [0.25, 0.3) is 0 Å². The molecule has 0 atom stereocenters. The Morgan fingerprint density at radius 1 is 0.412 bits per heavy atom. The molecule has 0 heterocycles. The molecular formula is C32H23KS. The molecule has 0 nitrogen and oxygen atoms in total. The van der Waals surface area contributed by atoms with E-state index in [1.54, 1.807) is 0 Å². The maximum absolute atomic E-state index is 5.04. The third-order valence-electron chi connectivity index (χ3n) is 6.34. The van der Waals surface area contributed by atoms with Crippen LogP contribution in [0.25, 0.3) is 54.9 Å². The summed E-state index contributed by atoms with van der Waals surface area (Å²) in [6, 6.07) is 45.4. The molecule has 0 saturated carbocycles. The van der Waals surface area contributed by atoms with E-state index in [4.69, 9.17) is 12.6 Å². The Bertz CT molecular complexity index is 1490. The van der Waals surface area contributed by atoms with Gasteiger partial charge in [-0.1, -0.05) is 109 Å². The van der Waals surface area contributed by atoms with Crippen LogP contribution in [-0.4, -0.2) is 51.4 Å². The predicted molar refractivity (Wildman–Crippen MR) is 152 cm³/mol. The normalized spacial score (nSPS) is 10.9. The quantitative estimate of drug-likeness (QED) is 0.147. The minimum absolute atomic E-state index is 0. The zero-order valence-electron chi connectivity index (χ0n) is 18.1. The number of hydrogen-bond acceptors (Lipinski definition) is 1. The zero-order valence-corrected chi connectivity index (χ0v) is 19.0. The summed E-state index contributed by atoms with van der Waals surface area (Å²) in [5.74, 6) is 0. The van der Waals surface area contributed by atoms with Crippen LogP contribution in [0.1, 0.15) is 0 Å². The number of hydrogen-bond donors (Lipinski definition) is 1. The van der Waals surface area contributed by atoms with Crippen molar-refractivity contribution in [1.29, 1.82) is 0 Å². The van der Waals surface area contributed by atoms with E-state index in [0.29, 0.717) is 0 Å². The van der Waals surface area contributed by atoms with Crippen molar-refractivity contribution >= 4 is 85.6 Å². The zero-order chi connectivity index (χ0) is 22.2. The van der Waals surface area contributed by atoms with Gasteiger partial charge in [-0.05, 0) is 73.1 Å². The topological polar surface area (TPSA) is 0 Å². The van der Waals surface area contributed by atoms with Crippen LogP contribution in [0.5, 0.6) is 0 Å². The number of benzene rings is 6. The molecule has 0 amide bonds. The first-order valence-electron chi connectivity index (χ1n) is 11.2. The molecule has 0 N–H and O–H groups in total. The molecule has 0 unspecified atom stereocenters. The molecule has 0 saturated heterocycles. The molecule has 0 aromatic heterocycles. The van der Waals surface area contributed by atoms with E-state index in [1.807, 2.05) is 0 Å². The number of thiol groups is 1. The van der Waals surface area contributed by atoms with E-state index in [2.05, 4.69) is 127 Å². The van der Waals surface area contributed by atoms with Crippen molar-refractivity contribution in [3.8, 4) is 33.4 Å². The van der Waals surface area contributed by atoms with Crippen LogP contribution < -0.4 is 0 Å². The second-order valence-corrected chi connectivity index (χ2v) is 8.79. The van der Waals surface area contributed by atoms with Crippen molar-refractivity contribution in [2.75, 3.05) is 0 Å². The molecule has 34 heavy (non-hydrogen) atoms. The van der Waals surface area contributed by atoms with Crippen LogP contribution in [0.15, 0.2) is 132 Å². The molecule has 0 aliphatic carbocycles. The van der Waals surface area contributed by atoms with Gasteiger partial charge in [0.05, 0.1) is 0 Å². The Morgan fingerprint density at radius 2 is 0.824 bits per heavy atom. The Hall–Kier alpha value is -2.17. The fourth-order valence-electron chi connectivity index (χ4n) is 4.78. The Kier molecular flexibility index (Phi) is 7.08. The van der Waals surface area contributed by atoms with Crippen molar-refractivity contribution in [1.82, 2.24) is 0 Å². The first-order chi connectivity index (χ1) is 16.3. The van der Waals surface area contributed by atoms with E-state index in [-0.39, 0.29) is 51.4 Å². The summed E-state index contributed by atoms with van der Waals surface area (Å²) in [5.41, 5.74) is 7.11.